The van der Waals surface area contributed by atoms with Crippen LogP contribution in [0.2, 0.25) is 0 Å². The van der Waals surface area contributed by atoms with Crippen molar-refractivity contribution in [3.8, 4) is 0 Å². The minimum Gasteiger partial charge on any atom is -0.453 e. The second kappa shape index (κ2) is 10.2. The molecular formula is C21H32N2O5S. The smallest absolute Gasteiger partial charge is 0.306 e. The molecule has 0 aliphatic heterocycles. The Morgan fingerprint density at radius 2 is 1.86 bits per heavy atom. The Bertz CT molecular complexity index is 829. The van der Waals surface area contributed by atoms with E-state index in [-0.39, 0.29) is 10.9 Å². The number of sulfonamides is 1. The van der Waals surface area contributed by atoms with Gasteiger partial charge in [0.05, 0.1) is 4.90 Å². The number of esters is 1. The molecule has 8 heteroatoms. The van der Waals surface area contributed by atoms with Gasteiger partial charge in [0.15, 0.2) is 6.10 Å². The van der Waals surface area contributed by atoms with Gasteiger partial charge in [0.2, 0.25) is 10.0 Å². The van der Waals surface area contributed by atoms with Crippen LogP contribution >= 0.6 is 0 Å². The van der Waals surface area contributed by atoms with Crippen LogP contribution in [0.3, 0.4) is 0 Å². The number of ether oxygens (including phenoxy) is 1. The SMILES string of the molecule is Cc1ccc(S(=O)(=O)N(C)C)cc1NC(=O)C(C)OC(=O)CCC1CCCCC1. The van der Waals surface area contributed by atoms with Crippen LogP contribution in [0, 0.1) is 12.8 Å². The normalized spacial score (nSPS) is 16.4. The molecule has 1 aliphatic rings. The van der Waals surface area contributed by atoms with Gasteiger partial charge in [-0.05, 0) is 43.9 Å². The number of amides is 1. The van der Waals surface area contributed by atoms with Crippen molar-refractivity contribution in [2.75, 3.05) is 19.4 Å². The summed E-state index contributed by atoms with van der Waals surface area (Å²) in [5.74, 6) is -0.290. The van der Waals surface area contributed by atoms with Gasteiger partial charge in [-0.2, -0.15) is 0 Å². The number of nitrogens with one attached hydrogen (secondary N) is 1. The Hall–Kier alpha value is -1.93. The monoisotopic (exact) mass is 424 g/mol. The van der Waals surface area contributed by atoms with Gasteiger partial charge in [0.25, 0.3) is 5.91 Å². The molecule has 29 heavy (non-hydrogen) atoms. The number of carbonyl (C=O) groups excluding carboxylic acids is 2. The van der Waals surface area contributed by atoms with Crippen LogP contribution in [-0.2, 0) is 24.3 Å². The van der Waals surface area contributed by atoms with E-state index in [1.54, 1.807) is 13.0 Å². The molecule has 1 atom stereocenters. The highest BCUT2D eigenvalue weighted by atomic mass is 32.2. The first kappa shape index (κ1) is 23.3. The van der Waals surface area contributed by atoms with Crippen LogP contribution in [0.25, 0.3) is 0 Å². The number of rotatable bonds is 8. The molecule has 1 aromatic rings. The number of carbonyl (C=O) groups is 2. The van der Waals surface area contributed by atoms with Crippen molar-refractivity contribution >= 4 is 27.6 Å². The first-order chi connectivity index (χ1) is 13.6. The summed E-state index contributed by atoms with van der Waals surface area (Å²) in [6, 6.07) is 4.54. The quantitative estimate of drug-likeness (QED) is 0.645. The molecule has 0 heterocycles. The standard InChI is InChI=1S/C21H32N2O5S/c1-15-10-12-18(29(26,27)23(3)4)14-19(15)22-21(25)16(2)28-20(24)13-11-17-8-6-5-7-9-17/h10,12,14,16-17H,5-9,11,13H2,1-4H3,(H,22,25). The van der Waals surface area contributed by atoms with Crippen LogP contribution in [0.4, 0.5) is 5.69 Å². The van der Waals surface area contributed by atoms with Crippen LogP contribution in [0.1, 0.15) is 57.4 Å². The fourth-order valence-electron chi connectivity index (χ4n) is 3.45. The van der Waals surface area contributed by atoms with Crippen molar-refractivity contribution in [1.29, 1.82) is 0 Å². The van der Waals surface area contributed by atoms with Crippen LogP contribution in [0.5, 0.6) is 0 Å². The van der Waals surface area contributed by atoms with Gasteiger partial charge in [-0.3, -0.25) is 9.59 Å². The van der Waals surface area contributed by atoms with Gasteiger partial charge >= 0.3 is 5.97 Å². The molecule has 1 unspecified atom stereocenters. The summed E-state index contributed by atoms with van der Waals surface area (Å²) in [5.41, 5.74) is 1.09. The molecule has 1 fully saturated rings. The van der Waals surface area contributed by atoms with E-state index in [4.69, 9.17) is 4.74 Å². The van der Waals surface area contributed by atoms with Gasteiger partial charge in [0, 0.05) is 26.2 Å². The average Bonchev–Trinajstić information content (AvgIpc) is 2.68. The maximum Gasteiger partial charge on any atom is 0.306 e. The van der Waals surface area contributed by atoms with Crippen LogP contribution in [0.15, 0.2) is 23.1 Å². The first-order valence-electron chi connectivity index (χ1n) is 10.1. The first-order valence-corrected chi connectivity index (χ1v) is 11.6. The van der Waals surface area contributed by atoms with E-state index in [0.717, 1.165) is 23.6 Å². The summed E-state index contributed by atoms with van der Waals surface area (Å²) >= 11 is 0. The molecule has 1 aliphatic carbocycles. The van der Waals surface area contributed by atoms with E-state index in [0.29, 0.717) is 23.6 Å². The summed E-state index contributed by atoms with van der Waals surface area (Å²) in [6.07, 6.45) is 6.20. The van der Waals surface area contributed by atoms with Crippen molar-refractivity contribution in [3.05, 3.63) is 23.8 Å². The minimum atomic E-state index is -3.61. The molecule has 1 amide bonds. The van der Waals surface area contributed by atoms with Gasteiger partial charge in [-0.25, -0.2) is 12.7 Å². The minimum absolute atomic E-state index is 0.0838. The fourth-order valence-corrected chi connectivity index (χ4v) is 4.38. The predicted octanol–water partition coefficient (Wildman–Crippen LogP) is 3.48. The number of hydrogen-bond acceptors (Lipinski definition) is 5. The average molecular weight is 425 g/mol. The van der Waals surface area contributed by atoms with Crippen molar-refractivity contribution in [1.82, 2.24) is 4.31 Å². The number of anilines is 1. The Kier molecular flexibility index (Phi) is 8.22. The molecule has 1 saturated carbocycles. The molecule has 1 aromatic carbocycles. The third-order valence-electron chi connectivity index (χ3n) is 5.40. The van der Waals surface area contributed by atoms with Crippen molar-refractivity contribution in [2.45, 2.75) is 69.8 Å². The Balaban J connectivity index is 1.94. The summed E-state index contributed by atoms with van der Waals surface area (Å²) < 4.78 is 31.0. The number of aryl methyl sites for hydroxylation is 1. The van der Waals surface area contributed by atoms with E-state index in [1.165, 1.54) is 52.4 Å². The van der Waals surface area contributed by atoms with Gasteiger partial charge in [0.1, 0.15) is 0 Å². The molecule has 7 nitrogen and oxygen atoms in total. The molecule has 0 bridgehead atoms. The second-order valence-electron chi connectivity index (χ2n) is 7.93. The predicted molar refractivity (Wildman–Crippen MR) is 112 cm³/mol. The van der Waals surface area contributed by atoms with Crippen molar-refractivity contribution in [2.24, 2.45) is 5.92 Å². The summed E-state index contributed by atoms with van der Waals surface area (Å²) in [5, 5.41) is 2.67. The summed E-state index contributed by atoms with van der Waals surface area (Å²) in [6.45, 7) is 3.28. The largest absolute Gasteiger partial charge is 0.453 e. The van der Waals surface area contributed by atoms with E-state index >= 15 is 0 Å². The highest BCUT2D eigenvalue weighted by molar-refractivity contribution is 7.89. The zero-order chi connectivity index (χ0) is 21.6. The van der Waals surface area contributed by atoms with Gasteiger partial charge in [-0.15, -0.1) is 0 Å². The lowest BCUT2D eigenvalue weighted by atomic mass is 9.86. The lowest BCUT2D eigenvalue weighted by Gasteiger charge is -2.21. The topological polar surface area (TPSA) is 92.8 Å². The van der Waals surface area contributed by atoms with Gasteiger partial charge in [-0.1, -0.05) is 38.2 Å². The number of benzene rings is 1. The maximum atomic E-state index is 12.5. The lowest BCUT2D eigenvalue weighted by molar-refractivity contribution is -0.153. The molecule has 162 valence electrons. The molecule has 0 spiro atoms. The Morgan fingerprint density at radius 3 is 2.48 bits per heavy atom. The van der Waals surface area contributed by atoms with E-state index in [1.807, 2.05) is 0 Å². The maximum absolute atomic E-state index is 12.5. The fraction of sp³-hybridized carbons (Fsp3) is 0.619. The van der Waals surface area contributed by atoms with Crippen molar-refractivity contribution < 1.29 is 22.7 Å². The summed E-state index contributed by atoms with van der Waals surface area (Å²) in [4.78, 5) is 24.6. The Labute approximate surface area is 173 Å². The number of nitrogens with zero attached hydrogens (tertiary/aromatic N) is 1. The van der Waals surface area contributed by atoms with E-state index in [2.05, 4.69) is 5.32 Å². The highest BCUT2D eigenvalue weighted by Crippen LogP contribution is 2.27. The molecule has 2 rings (SSSR count). The Morgan fingerprint density at radius 1 is 1.21 bits per heavy atom. The number of hydrogen-bond donors (Lipinski definition) is 1. The van der Waals surface area contributed by atoms with Crippen LogP contribution < -0.4 is 5.32 Å². The van der Waals surface area contributed by atoms with Gasteiger partial charge < -0.3 is 10.1 Å². The molecule has 0 aromatic heterocycles. The van der Waals surface area contributed by atoms with E-state index < -0.39 is 22.0 Å². The second-order valence-corrected chi connectivity index (χ2v) is 10.1. The highest BCUT2D eigenvalue weighted by Gasteiger charge is 2.22. The molecule has 0 radical (unpaired) electrons. The zero-order valence-corrected chi connectivity index (χ0v) is 18.5. The van der Waals surface area contributed by atoms with E-state index in [9.17, 15) is 18.0 Å². The lowest BCUT2D eigenvalue weighted by Crippen LogP contribution is -2.30. The van der Waals surface area contributed by atoms with Crippen LogP contribution in [-0.4, -0.2) is 44.8 Å². The third kappa shape index (κ3) is 6.54. The third-order valence-corrected chi connectivity index (χ3v) is 7.22. The molecule has 0 saturated heterocycles. The van der Waals surface area contributed by atoms with Crippen molar-refractivity contribution in [3.63, 3.8) is 0 Å². The summed E-state index contributed by atoms with van der Waals surface area (Å²) in [7, 11) is -0.719. The molecular weight excluding hydrogens is 392 g/mol. The zero-order valence-electron chi connectivity index (χ0n) is 17.7. The molecule has 1 N–H and O–H groups in total.